The van der Waals surface area contributed by atoms with Gasteiger partial charge in [-0.25, -0.2) is 0 Å². The van der Waals surface area contributed by atoms with Crippen molar-refractivity contribution in [2.24, 2.45) is 11.7 Å². The van der Waals surface area contributed by atoms with Crippen molar-refractivity contribution in [1.29, 1.82) is 0 Å². The van der Waals surface area contributed by atoms with E-state index in [0.717, 1.165) is 45.2 Å². The van der Waals surface area contributed by atoms with E-state index in [1.807, 2.05) is 4.90 Å². The number of piperidine rings is 1. The van der Waals surface area contributed by atoms with Crippen molar-refractivity contribution in [1.82, 2.24) is 4.90 Å². The van der Waals surface area contributed by atoms with Gasteiger partial charge in [-0.1, -0.05) is 26.7 Å². The first-order valence-electron chi connectivity index (χ1n) is 6.73. The molecule has 0 bridgehead atoms. The van der Waals surface area contributed by atoms with Crippen molar-refractivity contribution in [2.75, 3.05) is 13.1 Å². The molecule has 0 aromatic carbocycles. The number of likely N-dealkylation sites (tertiary alicyclic amines) is 1. The fourth-order valence-electron chi connectivity index (χ4n) is 2.33. The van der Waals surface area contributed by atoms with Crippen molar-refractivity contribution < 1.29 is 4.79 Å². The molecule has 94 valence electrons. The van der Waals surface area contributed by atoms with E-state index in [1.54, 1.807) is 0 Å². The van der Waals surface area contributed by atoms with Gasteiger partial charge < -0.3 is 10.6 Å². The van der Waals surface area contributed by atoms with Gasteiger partial charge in [-0.3, -0.25) is 4.79 Å². The van der Waals surface area contributed by atoms with Gasteiger partial charge in [0, 0.05) is 25.0 Å². The van der Waals surface area contributed by atoms with Crippen LogP contribution in [0.15, 0.2) is 0 Å². The Kier molecular flexibility index (Phi) is 5.81. The smallest absolute Gasteiger partial charge is 0.225 e. The lowest BCUT2D eigenvalue weighted by atomic mass is 9.96. The van der Waals surface area contributed by atoms with Crippen LogP contribution < -0.4 is 5.73 Å². The van der Waals surface area contributed by atoms with Gasteiger partial charge in [0.25, 0.3) is 0 Å². The second-order valence-corrected chi connectivity index (χ2v) is 4.91. The van der Waals surface area contributed by atoms with Crippen LogP contribution in [0.3, 0.4) is 0 Å². The number of unbranched alkanes of at least 4 members (excludes halogenated alkanes) is 1. The van der Waals surface area contributed by atoms with Crippen LogP contribution in [0.1, 0.15) is 52.4 Å². The Bertz CT molecular complexity index is 203. The Morgan fingerprint density at radius 1 is 1.38 bits per heavy atom. The molecule has 0 saturated carbocycles. The number of rotatable bonds is 5. The van der Waals surface area contributed by atoms with Crippen molar-refractivity contribution in [3.8, 4) is 0 Å². The van der Waals surface area contributed by atoms with E-state index in [9.17, 15) is 4.79 Å². The number of amides is 1. The molecule has 1 aliphatic rings. The molecule has 1 rings (SSSR count). The molecule has 16 heavy (non-hydrogen) atoms. The maximum atomic E-state index is 12.2. The number of nitrogens with zero attached hydrogens (tertiary/aromatic N) is 1. The van der Waals surface area contributed by atoms with Crippen LogP contribution in [-0.4, -0.2) is 29.9 Å². The maximum absolute atomic E-state index is 12.2. The third-order valence-electron chi connectivity index (χ3n) is 3.60. The molecule has 0 aromatic heterocycles. The Morgan fingerprint density at radius 2 is 2.00 bits per heavy atom. The SMILES string of the molecule is CCCC[C@@H](CC)C(=O)N1CCC(N)CC1. The molecule has 0 aliphatic carbocycles. The Balaban J connectivity index is 2.41. The molecular formula is C13H26N2O. The molecule has 0 unspecified atom stereocenters. The number of hydrogen-bond donors (Lipinski definition) is 1. The molecule has 1 amide bonds. The quantitative estimate of drug-likeness (QED) is 0.781. The second-order valence-electron chi connectivity index (χ2n) is 4.91. The molecule has 0 spiro atoms. The fraction of sp³-hybridized carbons (Fsp3) is 0.923. The lowest BCUT2D eigenvalue weighted by molar-refractivity contribution is -0.137. The van der Waals surface area contributed by atoms with Crippen molar-refractivity contribution in [2.45, 2.75) is 58.4 Å². The second kappa shape index (κ2) is 6.89. The van der Waals surface area contributed by atoms with E-state index in [4.69, 9.17) is 5.73 Å². The number of hydrogen-bond acceptors (Lipinski definition) is 2. The van der Waals surface area contributed by atoms with Crippen LogP contribution in [0.2, 0.25) is 0 Å². The largest absolute Gasteiger partial charge is 0.342 e. The highest BCUT2D eigenvalue weighted by Crippen LogP contribution is 2.18. The molecule has 0 aromatic rings. The zero-order valence-corrected chi connectivity index (χ0v) is 10.7. The van der Waals surface area contributed by atoms with Crippen molar-refractivity contribution in [3.63, 3.8) is 0 Å². The summed E-state index contributed by atoms with van der Waals surface area (Å²) in [4.78, 5) is 14.2. The van der Waals surface area contributed by atoms with Crippen LogP contribution >= 0.6 is 0 Å². The van der Waals surface area contributed by atoms with Gasteiger partial charge >= 0.3 is 0 Å². The molecule has 1 fully saturated rings. The average Bonchev–Trinajstić information content (AvgIpc) is 2.30. The van der Waals surface area contributed by atoms with Gasteiger partial charge in [-0.2, -0.15) is 0 Å². The van der Waals surface area contributed by atoms with Crippen LogP contribution in [0.4, 0.5) is 0 Å². The molecule has 1 saturated heterocycles. The normalized spacial score (nSPS) is 19.8. The summed E-state index contributed by atoms with van der Waals surface area (Å²) in [6, 6.07) is 0.305. The number of nitrogens with two attached hydrogens (primary N) is 1. The molecule has 3 heteroatoms. The monoisotopic (exact) mass is 226 g/mol. The molecule has 1 heterocycles. The molecular weight excluding hydrogens is 200 g/mol. The lowest BCUT2D eigenvalue weighted by Gasteiger charge is -2.32. The summed E-state index contributed by atoms with van der Waals surface area (Å²) in [6.07, 6.45) is 6.30. The zero-order valence-electron chi connectivity index (χ0n) is 10.7. The minimum atomic E-state index is 0.245. The molecule has 3 nitrogen and oxygen atoms in total. The van der Waals surface area contributed by atoms with Gasteiger partial charge in [0.15, 0.2) is 0 Å². The first kappa shape index (κ1) is 13.5. The summed E-state index contributed by atoms with van der Waals surface area (Å²) in [5.74, 6) is 0.608. The Morgan fingerprint density at radius 3 is 2.50 bits per heavy atom. The minimum Gasteiger partial charge on any atom is -0.342 e. The van der Waals surface area contributed by atoms with Crippen LogP contribution in [0.25, 0.3) is 0 Å². The standard InChI is InChI=1S/C13H26N2O/c1-3-5-6-11(4-2)13(16)15-9-7-12(14)8-10-15/h11-12H,3-10,14H2,1-2H3/t11-/m1/s1. The van der Waals surface area contributed by atoms with Crippen LogP contribution in [0, 0.1) is 5.92 Å². The highest BCUT2D eigenvalue weighted by molar-refractivity contribution is 5.78. The topological polar surface area (TPSA) is 46.3 Å². The van der Waals surface area contributed by atoms with E-state index in [-0.39, 0.29) is 5.92 Å². The average molecular weight is 226 g/mol. The highest BCUT2D eigenvalue weighted by atomic mass is 16.2. The summed E-state index contributed by atoms with van der Waals surface area (Å²) < 4.78 is 0. The van der Waals surface area contributed by atoms with Gasteiger partial charge in [-0.15, -0.1) is 0 Å². The third kappa shape index (κ3) is 3.78. The fourth-order valence-corrected chi connectivity index (χ4v) is 2.33. The Labute approximate surface area is 99.4 Å². The first-order chi connectivity index (χ1) is 7.69. The number of carbonyl (C=O) groups is 1. The summed E-state index contributed by atoms with van der Waals surface area (Å²) in [5.41, 5.74) is 5.85. The summed E-state index contributed by atoms with van der Waals surface area (Å²) >= 11 is 0. The van der Waals surface area contributed by atoms with Gasteiger partial charge in [-0.05, 0) is 25.7 Å². The molecule has 2 N–H and O–H groups in total. The summed E-state index contributed by atoms with van der Waals surface area (Å²) in [6.45, 7) is 6.02. The van der Waals surface area contributed by atoms with Crippen LogP contribution in [-0.2, 0) is 4.79 Å². The minimum absolute atomic E-state index is 0.245. The van der Waals surface area contributed by atoms with E-state index >= 15 is 0 Å². The van der Waals surface area contributed by atoms with E-state index in [0.29, 0.717) is 11.9 Å². The number of carbonyl (C=O) groups excluding carboxylic acids is 1. The molecule has 1 aliphatic heterocycles. The molecule has 0 radical (unpaired) electrons. The van der Waals surface area contributed by atoms with Crippen LogP contribution in [0.5, 0.6) is 0 Å². The first-order valence-corrected chi connectivity index (χ1v) is 6.73. The van der Waals surface area contributed by atoms with Gasteiger partial charge in [0.2, 0.25) is 5.91 Å². The van der Waals surface area contributed by atoms with E-state index in [1.165, 1.54) is 6.42 Å². The summed E-state index contributed by atoms with van der Waals surface area (Å²) in [5, 5.41) is 0. The van der Waals surface area contributed by atoms with E-state index in [2.05, 4.69) is 13.8 Å². The predicted molar refractivity (Wildman–Crippen MR) is 67.1 cm³/mol. The lowest BCUT2D eigenvalue weighted by Crippen LogP contribution is -2.45. The van der Waals surface area contributed by atoms with Gasteiger partial charge in [0.1, 0.15) is 0 Å². The predicted octanol–water partition coefficient (Wildman–Crippen LogP) is 2.15. The maximum Gasteiger partial charge on any atom is 0.225 e. The zero-order chi connectivity index (χ0) is 12.0. The highest BCUT2D eigenvalue weighted by Gasteiger charge is 2.25. The van der Waals surface area contributed by atoms with E-state index < -0.39 is 0 Å². The Hall–Kier alpha value is -0.570. The van der Waals surface area contributed by atoms with Gasteiger partial charge in [0.05, 0.1) is 0 Å². The van der Waals surface area contributed by atoms with Crippen molar-refractivity contribution >= 4 is 5.91 Å². The van der Waals surface area contributed by atoms with Crippen molar-refractivity contribution in [3.05, 3.63) is 0 Å². The summed E-state index contributed by atoms with van der Waals surface area (Å²) in [7, 11) is 0. The molecule has 1 atom stereocenters. The third-order valence-corrected chi connectivity index (χ3v) is 3.60.